The lowest BCUT2D eigenvalue weighted by Gasteiger charge is -2.14. The Morgan fingerprint density at radius 3 is 2.46 bits per heavy atom. The number of nitrogens with one attached hydrogen (secondary N) is 2. The van der Waals surface area contributed by atoms with Crippen LogP contribution in [0.2, 0.25) is 0 Å². The minimum atomic E-state index is -1.18. The minimum Gasteiger partial charge on any atom is -0.451 e. The summed E-state index contributed by atoms with van der Waals surface area (Å²) in [5.74, 6) is -1.52. The molecule has 0 saturated carbocycles. The third-order valence-corrected chi connectivity index (χ3v) is 3.41. The summed E-state index contributed by atoms with van der Waals surface area (Å²) in [5, 5.41) is 4.62. The van der Waals surface area contributed by atoms with E-state index in [1.165, 1.54) is 19.2 Å². The van der Waals surface area contributed by atoms with E-state index in [0.29, 0.717) is 0 Å². The summed E-state index contributed by atoms with van der Waals surface area (Å²) in [4.78, 5) is 47.0. The second-order valence-electron chi connectivity index (χ2n) is 5.46. The highest BCUT2D eigenvalue weighted by Crippen LogP contribution is 1.98. The Hall–Kier alpha value is -3.42. The van der Waals surface area contributed by atoms with Crippen LogP contribution in [0.3, 0.4) is 0 Å². The fourth-order valence-corrected chi connectivity index (χ4v) is 2.05. The first kappa shape index (κ1) is 18.9. The van der Waals surface area contributed by atoms with Crippen molar-refractivity contribution in [2.24, 2.45) is 0 Å². The molecule has 2 aromatic rings. The molecule has 0 radical (unpaired) electrons. The number of carbonyl (C=O) groups excluding carboxylic acids is 3. The summed E-state index contributed by atoms with van der Waals surface area (Å²) in [5.41, 5.74) is 0.518. The van der Waals surface area contributed by atoms with Gasteiger partial charge in [-0.25, -0.2) is 4.79 Å². The van der Waals surface area contributed by atoms with E-state index in [1.54, 1.807) is 12.1 Å². The third kappa shape index (κ3) is 5.90. The molecule has 0 saturated heterocycles. The van der Waals surface area contributed by atoms with Crippen molar-refractivity contribution in [3.63, 3.8) is 0 Å². The molecule has 1 atom stereocenters. The number of pyridine rings is 1. The number of amides is 3. The smallest absolute Gasteiger partial charge is 0.326 e. The Bertz CT molecular complexity index is 832. The van der Waals surface area contributed by atoms with Crippen LogP contribution in [0.5, 0.6) is 0 Å². The molecule has 0 spiro atoms. The highest BCUT2D eigenvalue weighted by molar-refractivity contribution is 5.97. The molecule has 136 valence electrons. The second kappa shape index (κ2) is 9.16. The van der Waals surface area contributed by atoms with Gasteiger partial charge in [0.1, 0.15) is 6.54 Å². The summed E-state index contributed by atoms with van der Waals surface area (Å²) < 4.78 is 6.10. The molecule has 0 fully saturated rings. The quantitative estimate of drug-likeness (QED) is 0.744. The average molecular weight is 357 g/mol. The fraction of sp³-hybridized carbons (Fsp3) is 0.222. The van der Waals surface area contributed by atoms with Gasteiger partial charge in [-0.3, -0.25) is 19.7 Å². The largest absolute Gasteiger partial charge is 0.451 e. The third-order valence-electron chi connectivity index (χ3n) is 3.41. The van der Waals surface area contributed by atoms with Gasteiger partial charge in [-0.15, -0.1) is 0 Å². The molecule has 0 unspecified atom stereocenters. The Labute approximate surface area is 149 Å². The molecule has 26 heavy (non-hydrogen) atoms. The van der Waals surface area contributed by atoms with Crippen molar-refractivity contribution in [3.8, 4) is 0 Å². The van der Waals surface area contributed by atoms with Crippen molar-refractivity contribution in [2.45, 2.75) is 26.1 Å². The van der Waals surface area contributed by atoms with Crippen LogP contribution in [0, 0.1) is 0 Å². The van der Waals surface area contributed by atoms with Gasteiger partial charge in [0.25, 0.3) is 11.5 Å². The molecule has 1 aromatic heterocycles. The van der Waals surface area contributed by atoms with E-state index in [4.69, 9.17) is 4.74 Å². The van der Waals surface area contributed by atoms with Crippen molar-refractivity contribution < 1.29 is 19.1 Å². The number of carbonyl (C=O) groups is 3. The molecule has 0 aliphatic carbocycles. The SMILES string of the molecule is C[C@H](OC(=O)Cn1ccccc1=O)C(=O)NC(=O)NCc1ccccc1. The van der Waals surface area contributed by atoms with Crippen LogP contribution in [-0.4, -0.2) is 28.6 Å². The van der Waals surface area contributed by atoms with Crippen LogP contribution >= 0.6 is 0 Å². The van der Waals surface area contributed by atoms with Gasteiger partial charge in [-0.2, -0.15) is 0 Å². The molecule has 8 nitrogen and oxygen atoms in total. The zero-order valence-electron chi connectivity index (χ0n) is 14.2. The van der Waals surface area contributed by atoms with Gasteiger partial charge in [0.15, 0.2) is 6.10 Å². The molecule has 3 amide bonds. The number of hydrogen-bond acceptors (Lipinski definition) is 5. The number of rotatable bonds is 6. The van der Waals surface area contributed by atoms with Crippen LogP contribution in [-0.2, 0) is 27.4 Å². The van der Waals surface area contributed by atoms with Crippen molar-refractivity contribution in [1.29, 1.82) is 0 Å². The summed E-state index contributed by atoms with van der Waals surface area (Å²) in [6.07, 6.45) is 0.259. The number of urea groups is 1. The normalized spacial score (nSPS) is 11.3. The predicted octanol–water partition coefficient (Wildman–Crippen LogP) is 0.806. The maximum Gasteiger partial charge on any atom is 0.326 e. The van der Waals surface area contributed by atoms with E-state index in [1.807, 2.05) is 30.3 Å². The maximum atomic E-state index is 11.9. The van der Waals surface area contributed by atoms with E-state index in [2.05, 4.69) is 10.6 Å². The molecule has 2 rings (SSSR count). The van der Waals surface area contributed by atoms with Gasteiger partial charge in [0.05, 0.1) is 0 Å². The van der Waals surface area contributed by atoms with Gasteiger partial charge in [0.2, 0.25) is 0 Å². The van der Waals surface area contributed by atoms with Crippen molar-refractivity contribution in [2.75, 3.05) is 0 Å². The summed E-state index contributed by atoms with van der Waals surface area (Å²) in [7, 11) is 0. The summed E-state index contributed by atoms with van der Waals surface area (Å²) >= 11 is 0. The molecule has 8 heteroatoms. The summed E-state index contributed by atoms with van der Waals surface area (Å²) in [6.45, 7) is 1.27. The average Bonchev–Trinajstić information content (AvgIpc) is 2.62. The monoisotopic (exact) mass is 357 g/mol. The molecular formula is C18H19N3O5. The second-order valence-corrected chi connectivity index (χ2v) is 5.46. The topological polar surface area (TPSA) is 106 Å². The molecular weight excluding hydrogens is 338 g/mol. The van der Waals surface area contributed by atoms with Gasteiger partial charge in [-0.05, 0) is 18.6 Å². The Kier molecular flexibility index (Phi) is 6.67. The van der Waals surface area contributed by atoms with Crippen LogP contribution in [0.4, 0.5) is 4.79 Å². The van der Waals surface area contributed by atoms with Crippen LogP contribution in [0.1, 0.15) is 12.5 Å². The van der Waals surface area contributed by atoms with Crippen LogP contribution < -0.4 is 16.2 Å². The van der Waals surface area contributed by atoms with Crippen LogP contribution in [0.25, 0.3) is 0 Å². The molecule has 2 N–H and O–H groups in total. The Morgan fingerprint density at radius 1 is 1.08 bits per heavy atom. The molecule has 1 aromatic carbocycles. The molecule has 0 bridgehead atoms. The minimum absolute atomic E-state index is 0.255. The number of hydrogen-bond donors (Lipinski definition) is 2. The van der Waals surface area contributed by atoms with Gasteiger partial charge < -0.3 is 14.6 Å². The van der Waals surface area contributed by atoms with Crippen molar-refractivity contribution in [1.82, 2.24) is 15.2 Å². The van der Waals surface area contributed by atoms with Gasteiger partial charge >= 0.3 is 12.0 Å². The Morgan fingerprint density at radius 2 is 1.77 bits per heavy atom. The zero-order chi connectivity index (χ0) is 18.9. The van der Waals surface area contributed by atoms with E-state index in [-0.39, 0.29) is 18.6 Å². The van der Waals surface area contributed by atoms with E-state index < -0.39 is 24.0 Å². The number of nitrogens with zero attached hydrogens (tertiary/aromatic N) is 1. The molecule has 0 aliphatic rings. The van der Waals surface area contributed by atoms with Crippen molar-refractivity contribution in [3.05, 3.63) is 70.6 Å². The molecule has 0 aliphatic heterocycles. The lowest BCUT2D eigenvalue weighted by atomic mass is 10.2. The number of benzene rings is 1. The van der Waals surface area contributed by atoms with E-state index >= 15 is 0 Å². The Balaban J connectivity index is 1.77. The first-order chi connectivity index (χ1) is 12.5. The molecule has 1 heterocycles. The number of imide groups is 1. The van der Waals surface area contributed by atoms with Crippen LogP contribution in [0.15, 0.2) is 59.5 Å². The van der Waals surface area contributed by atoms with Gasteiger partial charge in [-0.1, -0.05) is 36.4 Å². The number of ether oxygens (including phenoxy) is 1. The standard InChI is InChI=1S/C18H19N3O5/c1-13(26-16(23)12-21-10-6-5-9-15(21)22)17(24)20-18(25)19-11-14-7-3-2-4-8-14/h2-10,13H,11-12H2,1H3,(H2,19,20,24,25)/t13-/m0/s1. The van der Waals surface area contributed by atoms with Gasteiger partial charge in [0, 0.05) is 18.8 Å². The maximum absolute atomic E-state index is 11.9. The first-order valence-electron chi connectivity index (χ1n) is 7.93. The number of esters is 1. The van der Waals surface area contributed by atoms with E-state index in [9.17, 15) is 19.2 Å². The highest BCUT2D eigenvalue weighted by Gasteiger charge is 2.20. The lowest BCUT2D eigenvalue weighted by molar-refractivity contribution is -0.155. The highest BCUT2D eigenvalue weighted by atomic mass is 16.5. The first-order valence-corrected chi connectivity index (χ1v) is 7.93. The summed E-state index contributed by atoms with van der Waals surface area (Å²) in [6, 6.07) is 12.9. The predicted molar refractivity (Wildman–Crippen MR) is 93.1 cm³/mol. The fourth-order valence-electron chi connectivity index (χ4n) is 2.05. The van der Waals surface area contributed by atoms with E-state index in [0.717, 1.165) is 10.1 Å². The lowest BCUT2D eigenvalue weighted by Crippen LogP contribution is -2.44. The number of aromatic nitrogens is 1. The zero-order valence-corrected chi connectivity index (χ0v) is 14.2. The van der Waals surface area contributed by atoms with Crippen molar-refractivity contribution >= 4 is 17.9 Å².